The van der Waals surface area contributed by atoms with Gasteiger partial charge in [0.05, 0.1) is 17.7 Å². The summed E-state index contributed by atoms with van der Waals surface area (Å²) in [5.74, 6) is -1.19. The fourth-order valence-electron chi connectivity index (χ4n) is 4.78. The first-order valence-corrected chi connectivity index (χ1v) is 15.4. The first kappa shape index (κ1) is 30.0. The topological polar surface area (TPSA) is 144 Å². The van der Waals surface area contributed by atoms with E-state index >= 15 is 0 Å². The number of hydrogen-bond acceptors (Lipinski definition) is 7. The molecule has 5 rings (SSSR count). The van der Waals surface area contributed by atoms with E-state index in [1.165, 1.54) is 19.2 Å². The van der Waals surface area contributed by atoms with Crippen molar-refractivity contribution in [2.24, 2.45) is 11.8 Å². The lowest BCUT2D eigenvalue weighted by atomic mass is 10.1. The summed E-state index contributed by atoms with van der Waals surface area (Å²) < 4.78 is 38.8. The number of rotatable bonds is 10. The fourth-order valence-corrected chi connectivity index (χ4v) is 6.12. The smallest absolute Gasteiger partial charge is 0.324 e. The minimum atomic E-state index is -3.96. The summed E-state index contributed by atoms with van der Waals surface area (Å²) in [4.78, 5) is 37.5. The molecule has 0 bridgehead atoms. The van der Waals surface area contributed by atoms with Crippen LogP contribution in [0.15, 0.2) is 76.0 Å². The molecule has 1 unspecified atom stereocenters. The minimum Gasteiger partial charge on any atom is -0.468 e. The molecule has 0 saturated heterocycles. The number of esters is 1. The molecule has 3 N–H and O–H groups in total. The van der Waals surface area contributed by atoms with E-state index in [4.69, 9.17) is 9.15 Å². The van der Waals surface area contributed by atoms with Gasteiger partial charge in [0, 0.05) is 22.6 Å². The van der Waals surface area contributed by atoms with Gasteiger partial charge in [-0.25, -0.2) is 8.42 Å². The van der Waals surface area contributed by atoms with E-state index in [-0.39, 0.29) is 28.4 Å². The van der Waals surface area contributed by atoms with Gasteiger partial charge >= 0.3 is 5.97 Å². The van der Waals surface area contributed by atoms with Crippen molar-refractivity contribution in [1.82, 2.24) is 4.72 Å². The second-order valence-electron chi connectivity index (χ2n) is 10.9. The molecule has 1 aliphatic rings. The summed E-state index contributed by atoms with van der Waals surface area (Å²) in [6.07, 6.45) is 1.78. The standard InChI is InChI=1S/C32H33N3O7S/c1-18(2)28(32(38)41-4)35-43(39,40)24-16-12-21(13-17-24)20-10-14-23(15-11-20)33-31(37)29-19(3)27-25(6-5-7-26(27)42-29)34-30(36)22-8-9-22/h5-7,10-18,22,28,35H,8-9H2,1-4H3,(H,33,37)(H,34,36). The fraction of sp³-hybridized carbons (Fsp3) is 0.281. The molecule has 3 aromatic carbocycles. The Kier molecular flexibility index (Phi) is 8.38. The summed E-state index contributed by atoms with van der Waals surface area (Å²) in [7, 11) is -2.74. The predicted octanol–water partition coefficient (Wildman–Crippen LogP) is 5.48. The zero-order chi connectivity index (χ0) is 30.9. The molecular formula is C32H33N3O7S. The number of methoxy groups -OCH3 is 1. The summed E-state index contributed by atoms with van der Waals surface area (Å²) >= 11 is 0. The lowest BCUT2D eigenvalue weighted by Crippen LogP contribution is -2.44. The Labute approximate surface area is 249 Å². The second-order valence-corrected chi connectivity index (χ2v) is 12.6. The molecule has 0 aliphatic heterocycles. The third-order valence-electron chi connectivity index (χ3n) is 7.41. The van der Waals surface area contributed by atoms with E-state index < -0.39 is 27.9 Å². The summed E-state index contributed by atoms with van der Waals surface area (Å²) in [5.41, 5.74) is 3.88. The third kappa shape index (κ3) is 6.47. The van der Waals surface area contributed by atoms with Crippen LogP contribution in [0.1, 0.15) is 42.8 Å². The number of furan rings is 1. The Hall–Kier alpha value is -4.48. The molecule has 2 amide bonds. The molecule has 224 valence electrons. The molecule has 1 saturated carbocycles. The normalized spacial score (nSPS) is 14.0. The first-order chi connectivity index (χ1) is 20.5. The summed E-state index contributed by atoms with van der Waals surface area (Å²) in [6, 6.07) is 17.7. The van der Waals surface area contributed by atoms with Gasteiger partial charge < -0.3 is 19.8 Å². The Balaban J connectivity index is 1.28. The summed E-state index contributed by atoms with van der Waals surface area (Å²) in [6.45, 7) is 5.24. The Bertz CT molecular complexity index is 1790. The van der Waals surface area contributed by atoms with Crippen LogP contribution in [0.25, 0.3) is 22.1 Å². The maximum absolute atomic E-state index is 13.1. The number of nitrogens with one attached hydrogen (secondary N) is 3. The van der Waals surface area contributed by atoms with Crippen molar-refractivity contribution < 1.29 is 32.0 Å². The van der Waals surface area contributed by atoms with Crippen molar-refractivity contribution in [2.75, 3.05) is 17.7 Å². The number of benzene rings is 3. The van der Waals surface area contributed by atoms with Gasteiger partial charge in [0.2, 0.25) is 15.9 Å². The van der Waals surface area contributed by atoms with Gasteiger partial charge in [-0.2, -0.15) is 4.72 Å². The van der Waals surface area contributed by atoms with Gasteiger partial charge in [-0.3, -0.25) is 14.4 Å². The second kappa shape index (κ2) is 12.0. The van der Waals surface area contributed by atoms with Gasteiger partial charge in [0.1, 0.15) is 11.6 Å². The van der Waals surface area contributed by atoms with Crippen molar-refractivity contribution in [3.63, 3.8) is 0 Å². The maximum Gasteiger partial charge on any atom is 0.324 e. The third-order valence-corrected chi connectivity index (χ3v) is 8.87. The van der Waals surface area contributed by atoms with E-state index in [1.54, 1.807) is 75.4 Å². The van der Waals surface area contributed by atoms with Crippen LogP contribution >= 0.6 is 0 Å². The van der Waals surface area contributed by atoms with E-state index in [0.29, 0.717) is 27.9 Å². The molecule has 11 heteroatoms. The molecule has 0 spiro atoms. The highest BCUT2D eigenvalue weighted by atomic mass is 32.2. The van der Waals surface area contributed by atoms with Gasteiger partial charge in [0.25, 0.3) is 5.91 Å². The monoisotopic (exact) mass is 603 g/mol. The number of anilines is 2. The molecule has 43 heavy (non-hydrogen) atoms. The number of carbonyl (C=O) groups is 3. The Morgan fingerprint density at radius 1 is 0.907 bits per heavy atom. The molecule has 1 heterocycles. The van der Waals surface area contributed by atoms with Crippen LogP contribution in [0.4, 0.5) is 11.4 Å². The minimum absolute atomic E-state index is 0.0196. The maximum atomic E-state index is 13.1. The van der Waals surface area contributed by atoms with E-state index in [9.17, 15) is 22.8 Å². The molecule has 1 atom stereocenters. The molecular weight excluding hydrogens is 570 g/mol. The van der Waals surface area contributed by atoms with Crippen molar-refractivity contribution in [1.29, 1.82) is 0 Å². The molecule has 4 aromatic rings. The zero-order valence-electron chi connectivity index (χ0n) is 24.3. The Morgan fingerprint density at radius 2 is 1.53 bits per heavy atom. The Morgan fingerprint density at radius 3 is 2.12 bits per heavy atom. The van der Waals surface area contributed by atoms with Gasteiger partial charge in [0.15, 0.2) is 5.76 Å². The van der Waals surface area contributed by atoms with Gasteiger partial charge in [-0.05, 0) is 73.2 Å². The number of fused-ring (bicyclic) bond motifs is 1. The number of aryl methyl sites for hydroxylation is 1. The number of sulfonamides is 1. The SMILES string of the molecule is COC(=O)C(NS(=O)(=O)c1ccc(-c2ccc(NC(=O)c3oc4cccc(NC(=O)C5CC5)c4c3C)cc2)cc1)C(C)C. The van der Waals surface area contributed by atoms with Gasteiger partial charge in [-0.1, -0.05) is 44.2 Å². The quantitative estimate of drug-likeness (QED) is 0.204. The highest BCUT2D eigenvalue weighted by Crippen LogP contribution is 2.35. The molecule has 0 radical (unpaired) electrons. The largest absolute Gasteiger partial charge is 0.468 e. The van der Waals surface area contributed by atoms with Crippen molar-refractivity contribution in [3.8, 4) is 11.1 Å². The van der Waals surface area contributed by atoms with Crippen LogP contribution in [-0.2, 0) is 24.3 Å². The van der Waals surface area contributed by atoms with Crippen LogP contribution in [0.5, 0.6) is 0 Å². The van der Waals surface area contributed by atoms with Crippen molar-refractivity contribution >= 4 is 50.2 Å². The first-order valence-electron chi connectivity index (χ1n) is 13.9. The lowest BCUT2D eigenvalue weighted by Gasteiger charge is -2.19. The molecule has 1 fully saturated rings. The lowest BCUT2D eigenvalue weighted by molar-refractivity contribution is -0.143. The highest BCUT2D eigenvalue weighted by molar-refractivity contribution is 7.89. The van der Waals surface area contributed by atoms with E-state index in [1.807, 2.05) is 0 Å². The van der Waals surface area contributed by atoms with Crippen LogP contribution in [-0.4, -0.2) is 39.4 Å². The zero-order valence-corrected chi connectivity index (χ0v) is 25.1. The van der Waals surface area contributed by atoms with Crippen LogP contribution in [0.2, 0.25) is 0 Å². The van der Waals surface area contributed by atoms with Crippen LogP contribution in [0, 0.1) is 18.8 Å². The number of ether oxygens (including phenoxy) is 1. The van der Waals surface area contributed by atoms with Gasteiger partial charge in [-0.15, -0.1) is 0 Å². The van der Waals surface area contributed by atoms with Crippen molar-refractivity contribution in [2.45, 2.75) is 44.6 Å². The number of hydrogen-bond donors (Lipinski definition) is 3. The van der Waals surface area contributed by atoms with E-state index in [0.717, 1.165) is 24.0 Å². The average molecular weight is 604 g/mol. The molecule has 10 nitrogen and oxygen atoms in total. The predicted molar refractivity (Wildman–Crippen MR) is 163 cm³/mol. The van der Waals surface area contributed by atoms with E-state index in [2.05, 4.69) is 15.4 Å². The molecule has 1 aromatic heterocycles. The summed E-state index contributed by atoms with van der Waals surface area (Å²) in [5, 5.41) is 6.51. The number of carbonyl (C=O) groups excluding carboxylic acids is 3. The van der Waals surface area contributed by atoms with Crippen molar-refractivity contribution in [3.05, 3.63) is 78.1 Å². The van der Waals surface area contributed by atoms with Crippen LogP contribution < -0.4 is 15.4 Å². The van der Waals surface area contributed by atoms with Crippen LogP contribution in [0.3, 0.4) is 0 Å². The average Bonchev–Trinajstić information content (AvgIpc) is 3.79. The number of amides is 2. The highest BCUT2D eigenvalue weighted by Gasteiger charge is 2.31. The molecule has 1 aliphatic carbocycles.